The molecule has 0 aliphatic carbocycles. The Balaban J connectivity index is 1.83. The van der Waals surface area contributed by atoms with Gasteiger partial charge in [0.2, 0.25) is 0 Å². The van der Waals surface area contributed by atoms with Crippen molar-refractivity contribution in [2.45, 2.75) is 31.9 Å². The number of alkyl halides is 1. The third kappa shape index (κ3) is 3.52. The number of hydrogen-bond acceptors (Lipinski definition) is 4. The zero-order valence-corrected chi connectivity index (χ0v) is 11.0. The van der Waals surface area contributed by atoms with Crippen molar-refractivity contribution in [2.24, 2.45) is 0 Å². The van der Waals surface area contributed by atoms with Gasteiger partial charge in [0.15, 0.2) is 12.5 Å². The molecule has 1 fully saturated rings. The summed E-state index contributed by atoms with van der Waals surface area (Å²) in [5.41, 5.74) is 1.54. The molecule has 0 radical (unpaired) electrons. The van der Waals surface area contributed by atoms with Gasteiger partial charge in [0.25, 0.3) is 0 Å². The van der Waals surface area contributed by atoms with Gasteiger partial charge >= 0.3 is 5.97 Å². The molecule has 1 aliphatic rings. The standard InChI is InChI=1S/C14H17FO4/c1-9-3-5-10(6-4-9)13(16)18-8-11-7-12(15)14(17-2)19-11/h3-6,11-12,14H,7-8H2,1-2H3/t11-,12+,14-/m0/s1. The van der Waals surface area contributed by atoms with E-state index in [0.29, 0.717) is 5.56 Å². The minimum atomic E-state index is -1.17. The van der Waals surface area contributed by atoms with E-state index in [0.717, 1.165) is 5.56 Å². The summed E-state index contributed by atoms with van der Waals surface area (Å²) in [4.78, 5) is 11.7. The van der Waals surface area contributed by atoms with E-state index >= 15 is 0 Å². The Hall–Kier alpha value is -1.46. The Morgan fingerprint density at radius 1 is 1.42 bits per heavy atom. The van der Waals surface area contributed by atoms with Crippen molar-refractivity contribution in [3.8, 4) is 0 Å². The number of methoxy groups -OCH3 is 1. The smallest absolute Gasteiger partial charge is 0.338 e. The lowest BCUT2D eigenvalue weighted by atomic mass is 10.1. The van der Waals surface area contributed by atoms with Crippen LogP contribution in [0.3, 0.4) is 0 Å². The lowest BCUT2D eigenvalue weighted by Crippen LogP contribution is -2.21. The molecule has 1 aromatic rings. The average Bonchev–Trinajstić information content (AvgIpc) is 2.77. The summed E-state index contributed by atoms with van der Waals surface area (Å²) in [6.07, 6.45) is -2.30. The Morgan fingerprint density at radius 3 is 2.68 bits per heavy atom. The fraction of sp³-hybridized carbons (Fsp3) is 0.500. The van der Waals surface area contributed by atoms with E-state index in [9.17, 15) is 9.18 Å². The van der Waals surface area contributed by atoms with Crippen molar-refractivity contribution >= 4 is 5.97 Å². The molecule has 0 unspecified atom stereocenters. The number of hydrogen-bond donors (Lipinski definition) is 0. The number of halogens is 1. The highest BCUT2D eigenvalue weighted by molar-refractivity contribution is 5.89. The van der Waals surface area contributed by atoms with Crippen LogP contribution in [0.1, 0.15) is 22.3 Å². The summed E-state index contributed by atoms with van der Waals surface area (Å²) in [7, 11) is 1.39. The summed E-state index contributed by atoms with van der Waals surface area (Å²) in [6.45, 7) is 1.97. The first-order valence-electron chi connectivity index (χ1n) is 6.16. The summed E-state index contributed by atoms with van der Waals surface area (Å²) in [5, 5.41) is 0. The van der Waals surface area contributed by atoms with Crippen LogP contribution >= 0.6 is 0 Å². The van der Waals surface area contributed by atoms with Crippen molar-refractivity contribution < 1.29 is 23.4 Å². The topological polar surface area (TPSA) is 44.8 Å². The number of ether oxygens (including phenoxy) is 3. The molecule has 5 heteroatoms. The molecule has 1 aromatic carbocycles. The van der Waals surface area contributed by atoms with Crippen molar-refractivity contribution in [3.05, 3.63) is 35.4 Å². The highest BCUT2D eigenvalue weighted by Crippen LogP contribution is 2.24. The quantitative estimate of drug-likeness (QED) is 0.786. The van der Waals surface area contributed by atoms with E-state index in [2.05, 4.69) is 0 Å². The highest BCUT2D eigenvalue weighted by atomic mass is 19.1. The van der Waals surface area contributed by atoms with E-state index < -0.39 is 24.5 Å². The molecular weight excluding hydrogens is 251 g/mol. The second kappa shape index (κ2) is 6.12. The normalized spacial score (nSPS) is 26.4. The molecule has 104 valence electrons. The fourth-order valence-corrected chi connectivity index (χ4v) is 1.94. The number of esters is 1. The number of carbonyl (C=O) groups is 1. The van der Waals surface area contributed by atoms with Crippen molar-refractivity contribution in [2.75, 3.05) is 13.7 Å². The van der Waals surface area contributed by atoms with Gasteiger partial charge < -0.3 is 14.2 Å². The average molecular weight is 268 g/mol. The second-order valence-electron chi connectivity index (χ2n) is 4.58. The van der Waals surface area contributed by atoms with Crippen LogP contribution in [-0.2, 0) is 14.2 Å². The van der Waals surface area contributed by atoms with Crippen molar-refractivity contribution in [1.82, 2.24) is 0 Å². The Morgan fingerprint density at radius 2 is 2.11 bits per heavy atom. The molecule has 1 saturated heterocycles. The maximum absolute atomic E-state index is 13.3. The van der Waals surface area contributed by atoms with Gasteiger partial charge in [-0.05, 0) is 19.1 Å². The predicted octanol–water partition coefficient (Wildman–Crippen LogP) is 2.25. The summed E-state index contributed by atoms with van der Waals surface area (Å²) in [5.74, 6) is -0.431. The van der Waals surface area contributed by atoms with Crippen molar-refractivity contribution in [1.29, 1.82) is 0 Å². The maximum Gasteiger partial charge on any atom is 0.338 e. The Kier molecular flexibility index (Phi) is 4.50. The largest absolute Gasteiger partial charge is 0.459 e. The van der Waals surface area contributed by atoms with E-state index in [1.807, 2.05) is 19.1 Å². The predicted molar refractivity (Wildman–Crippen MR) is 66.6 cm³/mol. The number of carbonyl (C=O) groups excluding carboxylic acids is 1. The van der Waals surface area contributed by atoms with Crippen LogP contribution in [0.15, 0.2) is 24.3 Å². The van der Waals surface area contributed by atoms with Crippen LogP contribution in [0.4, 0.5) is 4.39 Å². The number of aryl methyl sites for hydroxylation is 1. The van der Waals surface area contributed by atoms with Gasteiger partial charge in [-0.15, -0.1) is 0 Å². The molecule has 0 aromatic heterocycles. The summed E-state index contributed by atoms with van der Waals surface area (Å²) >= 11 is 0. The first-order chi connectivity index (χ1) is 9.10. The molecule has 0 spiro atoms. The molecule has 4 nitrogen and oxygen atoms in total. The first-order valence-corrected chi connectivity index (χ1v) is 6.16. The van der Waals surface area contributed by atoms with E-state index in [1.165, 1.54) is 7.11 Å². The lowest BCUT2D eigenvalue weighted by molar-refractivity contribution is -0.141. The van der Waals surface area contributed by atoms with Crippen LogP contribution in [0.25, 0.3) is 0 Å². The van der Waals surface area contributed by atoms with Gasteiger partial charge in [0, 0.05) is 13.5 Å². The van der Waals surface area contributed by atoms with Crippen LogP contribution in [-0.4, -0.2) is 38.3 Å². The second-order valence-corrected chi connectivity index (χ2v) is 4.58. The van der Waals surface area contributed by atoms with Crippen molar-refractivity contribution in [3.63, 3.8) is 0 Å². The summed E-state index contributed by atoms with van der Waals surface area (Å²) < 4.78 is 28.5. The third-order valence-electron chi connectivity index (χ3n) is 3.03. The van der Waals surface area contributed by atoms with Crippen LogP contribution < -0.4 is 0 Å². The maximum atomic E-state index is 13.3. The van der Waals surface area contributed by atoms with Gasteiger partial charge in [-0.25, -0.2) is 9.18 Å². The fourth-order valence-electron chi connectivity index (χ4n) is 1.94. The monoisotopic (exact) mass is 268 g/mol. The number of benzene rings is 1. The first kappa shape index (κ1) is 14.0. The van der Waals surface area contributed by atoms with Gasteiger partial charge in [-0.1, -0.05) is 17.7 Å². The number of rotatable bonds is 4. The molecule has 0 saturated carbocycles. The zero-order valence-electron chi connectivity index (χ0n) is 11.0. The van der Waals surface area contributed by atoms with Crippen LogP contribution in [0.5, 0.6) is 0 Å². The molecule has 0 bridgehead atoms. The third-order valence-corrected chi connectivity index (χ3v) is 3.03. The van der Waals surface area contributed by atoms with Gasteiger partial charge in [-0.3, -0.25) is 0 Å². The van der Waals surface area contributed by atoms with E-state index in [1.54, 1.807) is 12.1 Å². The van der Waals surface area contributed by atoms with E-state index in [4.69, 9.17) is 14.2 Å². The molecule has 0 amide bonds. The molecular formula is C14H17FO4. The zero-order chi connectivity index (χ0) is 13.8. The molecule has 19 heavy (non-hydrogen) atoms. The minimum Gasteiger partial charge on any atom is -0.459 e. The van der Waals surface area contributed by atoms with Crippen LogP contribution in [0, 0.1) is 6.92 Å². The van der Waals surface area contributed by atoms with Crippen LogP contribution in [0.2, 0.25) is 0 Å². The molecule has 3 atom stereocenters. The van der Waals surface area contributed by atoms with Gasteiger partial charge in [0.1, 0.15) is 6.61 Å². The van der Waals surface area contributed by atoms with Gasteiger partial charge in [0.05, 0.1) is 11.7 Å². The highest BCUT2D eigenvalue weighted by Gasteiger charge is 2.36. The van der Waals surface area contributed by atoms with Gasteiger partial charge in [-0.2, -0.15) is 0 Å². The molecule has 1 heterocycles. The molecule has 1 aliphatic heterocycles. The van der Waals surface area contributed by atoms with E-state index in [-0.39, 0.29) is 13.0 Å². The SMILES string of the molecule is CO[C@H]1O[C@H](COC(=O)c2ccc(C)cc2)C[C@H]1F. The summed E-state index contributed by atoms with van der Waals surface area (Å²) in [6, 6.07) is 7.06. The minimum absolute atomic E-state index is 0.0347. The molecule has 0 N–H and O–H groups in total. The Bertz CT molecular complexity index is 432. The lowest BCUT2D eigenvalue weighted by Gasteiger charge is -2.12. The molecule has 2 rings (SSSR count). The Labute approximate surface area is 111 Å².